The number of hydrogen-bond donors (Lipinski definition) is 1. The van der Waals surface area contributed by atoms with Gasteiger partial charge in [-0.1, -0.05) is 52.0 Å². The Kier molecular flexibility index (Phi) is 2.78. The summed E-state index contributed by atoms with van der Waals surface area (Å²) < 4.78 is 0. The predicted octanol–water partition coefficient (Wildman–Crippen LogP) is 2.86. The van der Waals surface area contributed by atoms with Crippen LogP contribution in [0.1, 0.15) is 45.0 Å². The fourth-order valence-corrected chi connectivity index (χ4v) is 3.82. The summed E-state index contributed by atoms with van der Waals surface area (Å²) in [6.07, 6.45) is 0.0229. The molecule has 1 atom stereocenters. The third kappa shape index (κ3) is 1.65. The minimum atomic E-state index is 0.0229. The van der Waals surface area contributed by atoms with E-state index in [9.17, 15) is 4.79 Å². The molecule has 3 rings (SSSR count). The van der Waals surface area contributed by atoms with E-state index < -0.39 is 0 Å². The second-order valence-corrected chi connectivity index (χ2v) is 7.29. The summed E-state index contributed by atoms with van der Waals surface area (Å²) in [5.41, 5.74) is 2.81. The molecule has 1 saturated heterocycles. The van der Waals surface area contributed by atoms with Gasteiger partial charge in [0.2, 0.25) is 5.91 Å². The molecule has 3 nitrogen and oxygen atoms in total. The zero-order chi connectivity index (χ0) is 14.7. The molecule has 1 heterocycles. The molecule has 1 aromatic rings. The Hall–Kier alpha value is -1.35. The van der Waals surface area contributed by atoms with E-state index in [1.54, 1.807) is 0 Å². The molecule has 0 aromatic heterocycles. The van der Waals surface area contributed by atoms with Gasteiger partial charge in [-0.2, -0.15) is 0 Å². The SMILES string of the molecule is Cc1ccccc1C1NCC(=O)N1C1C(C)(C)C1(C)C. The van der Waals surface area contributed by atoms with Gasteiger partial charge in [0.25, 0.3) is 0 Å². The number of nitrogens with one attached hydrogen (secondary N) is 1. The van der Waals surface area contributed by atoms with E-state index >= 15 is 0 Å². The van der Waals surface area contributed by atoms with Crippen molar-refractivity contribution in [2.24, 2.45) is 10.8 Å². The molecule has 1 saturated carbocycles. The summed E-state index contributed by atoms with van der Waals surface area (Å²) in [5, 5.41) is 3.39. The maximum atomic E-state index is 12.4. The first-order chi connectivity index (χ1) is 9.28. The Balaban J connectivity index is 1.98. The van der Waals surface area contributed by atoms with E-state index in [1.165, 1.54) is 11.1 Å². The molecular weight excluding hydrogens is 248 g/mol. The van der Waals surface area contributed by atoms with Crippen LogP contribution in [0.4, 0.5) is 0 Å². The largest absolute Gasteiger partial charge is 0.318 e. The van der Waals surface area contributed by atoms with Crippen molar-refractivity contribution in [3.8, 4) is 0 Å². The van der Waals surface area contributed by atoms with E-state index in [-0.39, 0.29) is 22.9 Å². The number of rotatable bonds is 2. The fourth-order valence-electron chi connectivity index (χ4n) is 3.82. The molecule has 0 bridgehead atoms. The Bertz CT molecular complexity index is 548. The van der Waals surface area contributed by atoms with Gasteiger partial charge in [0.15, 0.2) is 0 Å². The standard InChI is InChI=1S/C17H24N2O/c1-11-8-6-7-9-12(11)14-18-10-13(20)19(14)15-16(2,3)17(15,4)5/h6-9,14-15,18H,10H2,1-5H3. The molecule has 1 aliphatic carbocycles. The summed E-state index contributed by atoms with van der Waals surface area (Å²) in [4.78, 5) is 14.5. The number of benzene rings is 1. The fraction of sp³-hybridized carbons (Fsp3) is 0.588. The zero-order valence-electron chi connectivity index (χ0n) is 13.0. The van der Waals surface area contributed by atoms with Gasteiger partial charge >= 0.3 is 0 Å². The second-order valence-electron chi connectivity index (χ2n) is 7.29. The highest BCUT2D eigenvalue weighted by atomic mass is 16.2. The quantitative estimate of drug-likeness (QED) is 0.898. The summed E-state index contributed by atoms with van der Waals surface area (Å²) in [5.74, 6) is 0.224. The van der Waals surface area contributed by atoms with Crippen LogP contribution in [0.25, 0.3) is 0 Å². The Morgan fingerprint density at radius 2 is 1.75 bits per heavy atom. The predicted molar refractivity (Wildman–Crippen MR) is 80.1 cm³/mol. The van der Waals surface area contributed by atoms with Crippen LogP contribution in [-0.2, 0) is 4.79 Å². The van der Waals surface area contributed by atoms with E-state index in [2.05, 4.69) is 57.0 Å². The second kappa shape index (κ2) is 4.08. The Morgan fingerprint density at radius 1 is 1.15 bits per heavy atom. The molecule has 3 heteroatoms. The smallest absolute Gasteiger partial charge is 0.238 e. The van der Waals surface area contributed by atoms with Crippen molar-refractivity contribution >= 4 is 5.91 Å². The number of nitrogens with zero attached hydrogens (tertiary/aromatic N) is 1. The molecule has 1 N–H and O–H groups in total. The Labute approximate surface area is 121 Å². The van der Waals surface area contributed by atoms with Crippen molar-refractivity contribution in [1.82, 2.24) is 10.2 Å². The van der Waals surface area contributed by atoms with Crippen molar-refractivity contribution in [2.75, 3.05) is 6.54 Å². The van der Waals surface area contributed by atoms with Crippen molar-refractivity contribution in [1.29, 1.82) is 0 Å². The van der Waals surface area contributed by atoms with Crippen LogP contribution in [-0.4, -0.2) is 23.4 Å². The summed E-state index contributed by atoms with van der Waals surface area (Å²) in [7, 11) is 0. The molecule has 0 spiro atoms. The highest BCUT2D eigenvalue weighted by Gasteiger charge is 2.69. The van der Waals surface area contributed by atoms with E-state index in [0.717, 1.165) is 0 Å². The molecule has 1 unspecified atom stereocenters. The van der Waals surface area contributed by atoms with Crippen molar-refractivity contribution in [3.63, 3.8) is 0 Å². The molecule has 1 aromatic carbocycles. The minimum absolute atomic E-state index is 0.0229. The van der Waals surface area contributed by atoms with Crippen LogP contribution in [0.5, 0.6) is 0 Å². The van der Waals surface area contributed by atoms with Crippen molar-refractivity contribution in [3.05, 3.63) is 35.4 Å². The molecule has 0 radical (unpaired) electrons. The van der Waals surface area contributed by atoms with E-state index in [1.807, 2.05) is 12.1 Å². The topological polar surface area (TPSA) is 32.3 Å². The van der Waals surface area contributed by atoms with Gasteiger partial charge in [0.1, 0.15) is 6.17 Å². The van der Waals surface area contributed by atoms with Crippen LogP contribution in [0.3, 0.4) is 0 Å². The lowest BCUT2D eigenvalue weighted by Gasteiger charge is -2.28. The maximum absolute atomic E-state index is 12.4. The van der Waals surface area contributed by atoms with Crippen molar-refractivity contribution < 1.29 is 4.79 Å². The first-order valence-electron chi connectivity index (χ1n) is 7.38. The van der Waals surface area contributed by atoms with Crippen LogP contribution in [0, 0.1) is 17.8 Å². The maximum Gasteiger partial charge on any atom is 0.238 e. The van der Waals surface area contributed by atoms with Gasteiger partial charge in [0.05, 0.1) is 6.54 Å². The normalized spacial score (nSPS) is 27.9. The van der Waals surface area contributed by atoms with Crippen LogP contribution in [0.15, 0.2) is 24.3 Å². The summed E-state index contributed by atoms with van der Waals surface area (Å²) in [6, 6.07) is 8.64. The average Bonchev–Trinajstić information content (AvgIpc) is 2.66. The molecular formula is C17H24N2O. The number of carbonyl (C=O) groups is 1. The molecule has 1 amide bonds. The van der Waals surface area contributed by atoms with Gasteiger partial charge in [-0.25, -0.2) is 0 Å². The minimum Gasteiger partial charge on any atom is -0.318 e. The molecule has 2 fully saturated rings. The zero-order valence-corrected chi connectivity index (χ0v) is 13.0. The summed E-state index contributed by atoms with van der Waals surface area (Å²) >= 11 is 0. The summed E-state index contributed by atoms with van der Waals surface area (Å²) in [6.45, 7) is 11.6. The lowest BCUT2D eigenvalue weighted by atomic mass is 10.0. The molecule has 20 heavy (non-hydrogen) atoms. The highest BCUT2D eigenvalue weighted by molar-refractivity contribution is 5.82. The molecule has 108 valence electrons. The number of amides is 1. The monoisotopic (exact) mass is 272 g/mol. The lowest BCUT2D eigenvalue weighted by molar-refractivity contribution is -0.129. The lowest BCUT2D eigenvalue weighted by Crippen LogP contribution is -2.36. The van der Waals surface area contributed by atoms with Gasteiger partial charge in [-0.3, -0.25) is 10.1 Å². The third-order valence-electron chi connectivity index (χ3n) is 5.72. The average molecular weight is 272 g/mol. The first-order valence-corrected chi connectivity index (χ1v) is 7.38. The number of aryl methyl sites for hydroxylation is 1. The molecule has 2 aliphatic rings. The molecule has 1 aliphatic heterocycles. The third-order valence-corrected chi connectivity index (χ3v) is 5.72. The van der Waals surface area contributed by atoms with Crippen molar-refractivity contribution in [2.45, 2.75) is 46.8 Å². The highest BCUT2D eigenvalue weighted by Crippen LogP contribution is 2.66. The van der Waals surface area contributed by atoms with E-state index in [0.29, 0.717) is 12.6 Å². The first kappa shape index (κ1) is 13.6. The van der Waals surface area contributed by atoms with Gasteiger partial charge in [-0.05, 0) is 28.9 Å². The Morgan fingerprint density at radius 3 is 2.30 bits per heavy atom. The number of hydrogen-bond acceptors (Lipinski definition) is 2. The van der Waals surface area contributed by atoms with Gasteiger partial charge < -0.3 is 4.90 Å². The van der Waals surface area contributed by atoms with Gasteiger partial charge in [-0.15, -0.1) is 0 Å². The van der Waals surface area contributed by atoms with Crippen LogP contribution in [0.2, 0.25) is 0 Å². The van der Waals surface area contributed by atoms with Crippen LogP contribution >= 0.6 is 0 Å². The van der Waals surface area contributed by atoms with Gasteiger partial charge in [0, 0.05) is 6.04 Å². The van der Waals surface area contributed by atoms with Crippen LogP contribution < -0.4 is 5.32 Å². The number of carbonyl (C=O) groups excluding carboxylic acids is 1. The van der Waals surface area contributed by atoms with E-state index in [4.69, 9.17) is 0 Å².